The number of Topliss-reactive ketones (excluding diaryl/α,β-unsaturated/α-hetero) is 1. The third-order valence-electron chi connectivity index (χ3n) is 7.02. The van der Waals surface area contributed by atoms with Crippen molar-refractivity contribution in [1.82, 2.24) is 4.31 Å². The Morgan fingerprint density at radius 2 is 2.09 bits per heavy atom. The largest absolute Gasteiger partial charge is 0.367 e. The van der Waals surface area contributed by atoms with Crippen LogP contribution in [0.25, 0.3) is 0 Å². The quantitative estimate of drug-likeness (QED) is 0.713. The van der Waals surface area contributed by atoms with E-state index in [1.54, 1.807) is 0 Å². The van der Waals surface area contributed by atoms with Crippen LogP contribution in [-0.4, -0.2) is 48.9 Å². The van der Waals surface area contributed by atoms with Gasteiger partial charge in [-0.25, -0.2) is 12.7 Å². The minimum absolute atomic E-state index is 0.00258. The van der Waals surface area contributed by atoms with Crippen molar-refractivity contribution in [3.63, 3.8) is 0 Å². The summed E-state index contributed by atoms with van der Waals surface area (Å²) in [5.41, 5.74) is -0.395. The highest BCUT2D eigenvalue weighted by Crippen LogP contribution is 2.70. The number of ether oxygens (including phenoxy) is 1. The lowest BCUT2D eigenvalue weighted by Crippen LogP contribution is -2.49. The van der Waals surface area contributed by atoms with Gasteiger partial charge in [-0.05, 0) is 30.6 Å². The summed E-state index contributed by atoms with van der Waals surface area (Å²) < 4.78 is 32.1. The molecule has 2 bridgehead atoms. The maximum Gasteiger partial charge on any atom is 0.265 e. The number of sulfonamides is 1. The van der Waals surface area contributed by atoms with E-state index in [1.165, 1.54) is 0 Å². The second-order valence-corrected chi connectivity index (χ2v) is 9.95. The van der Waals surface area contributed by atoms with Crippen LogP contribution in [0.15, 0.2) is 0 Å². The average Bonchev–Trinajstić information content (AvgIpc) is 2.93. The number of hydrogen-bond donors (Lipinski definition) is 0. The SMILES string of the molecule is CC1(C)[C@H]2CC[C@@]13CS(=O)(=O)N(C(=O)[C@@H]1CC(=O)CCO1)[C@H]3C2. The van der Waals surface area contributed by atoms with Gasteiger partial charge < -0.3 is 4.74 Å². The van der Waals surface area contributed by atoms with Gasteiger partial charge in [0, 0.05) is 18.3 Å². The molecule has 1 amide bonds. The van der Waals surface area contributed by atoms with Crippen LogP contribution >= 0.6 is 0 Å². The van der Waals surface area contributed by atoms with Crippen LogP contribution in [0.4, 0.5) is 0 Å². The summed E-state index contributed by atoms with van der Waals surface area (Å²) in [7, 11) is -3.63. The topological polar surface area (TPSA) is 80.8 Å². The van der Waals surface area contributed by atoms with Crippen LogP contribution in [-0.2, 0) is 24.3 Å². The van der Waals surface area contributed by atoms with Gasteiger partial charge in [0.05, 0.1) is 18.4 Å². The van der Waals surface area contributed by atoms with E-state index in [2.05, 4.69) is 13.8 Å². The number of nitrogens with zero attached hydrogens (tertiary/aromatic N) is 1. The van der Waals surface area contributed by atoms with Crippen LogP contribution in [0, 0.1) is 16.7 Å². The number of ketones is 1. The first kappa shape index (κ1) is 15.6. The van der Waals surface area contributed by atoms with Gasteiger partial charge in [0.1, 0.15) is 11.9 Å². The molecule has 128 valence electrons. The zero-order valence-electron chi connectivity index (χ0n) is 13.6. The molecule has 0 unspecified atom stereocenters. The molecule has 4 aliphatic rings. The Balaban J connectivity index is 1.69. The molecule has 0 aromatic heterocycles. The van der Waals surface area contributed by atoms with Gasteiger partial charge in [0.15, 0.2) is 0 Å². The first-order valence-corrected chi connectivity index (χ1v) is 9.99. The molecule has 7 heteroatoms. The number of fused-ring (bicyclic) bond motifs is 1. The fourth-order valence-corrected chi connectivity index (χ4v) is 8.13. The van der Waals surface area contributed by atoms with Crippen LogP contribution in [0.3, 0.4) is 0 Å². The summed E-state index contributed by atoms with van der Waals surface area (Å²) in [5.74, 6) is -0.0368. The standard InChI is InChI=1S/C16H23NO5S/c1-15(2)10-3-5-16(15)9-23(20,21)17(13(16)7-10)14(19)12-8-11(18)4-6-22-12/h10,12-13H,3-9H2,1-2H3/t10-,12-,13-,16-/m0/s1. The van der Waals surface area contributed by atoms with Gasteiger partial charge >= 0.3 is 0 Å². The Labute approximate surface area is 136 Å². The summed E-state index contributed by atoms with van der Waals surface area (Å²) in [6, 6.07) is -0.255. The van der Waals surface area contributed by atoms with Crippen molar-refractivity contribution in [3.05, 3.63) is 0 Å². The van der Waals surface area contributed by atoms with Crippen molar-refractivity contribution in [2.75, 3.05) is 12.4 Å². The van der Waals surface area contributed by atoms with Gasteiger partial charge in [-0.15, -0.1) is 0 Å². The third kappa shape index (κ3) is 1.86. The smallest absolute Gasteiger partial charge is 0.265 e. The highest BCUT2D eigenvalue weighted by molar-refractivity contribution is 7.90. The van der Waals surface area contributed by atoms with Crippen molar-refractivity contribution in [2.45, 2.75) is 58.1 Å². The average molecular weight is 341 g/mol. The Bertz CT molecular complexity index is 685. The maximum atomic E-state index is 12.9. The summed E-state index contributed by atoms with van der Waals surface area (Å²) in [5, 5.41) is 0. The van der Waals surface area contributed by atoms with Gasteiger partial charge in [0.25, 0.3) is 5.91 Å². The van der Waals surface area contributed by atoms with E-state index in [0.29, 0.717) is 12.3 Å². The van der Waals surface area contributed by atoms with E-state index in [0.717, 1.165) is 23.6 Å². The molecule has 2 saturated heterocycles. The fraction of sp³-hybridized carbons (Fsp3) is 0.875. The molecule has 0 N–H and O–H groups in total. The lowest BCUT2D eigenvalue weighted by molar-refractivity contribution is -0.149. The number of hydrogen-bond acceptors (Lipinski definition) is 5. The third-order valence-corrected chi connectivity index (χ3v) is 8.93. The van der Waals surface area contributed by atoms with Gasteiger partial charge in [-0.1, -0.05) is 13.8 Å². The minimum atomic E-state index is -3.63. The van der Waals surface area contributed by atoms with E-state index in [-0.39, 0.29) is 41.4 Å². The molecular weight excluding hydrogens is 318 g/mol. The Hall–Kier alpha value is -0.950. The predicted molar refractivity (Wildman–Crippen MR) is 82.0 cm³/mol. The highest BCUT2D eigenvalue weighted by Gasteiger charge is 2.72. The summed E-state index contributed by atoms with van der Waals surface area (Å²) in [4.78, 5) is 24.5. The molecule has 6 nitrogen and oxygen atoms in total. The first-order chi connectivity index (χ1) is 10.7. The van der Waals surface area contributed by atoms with Gasteiger partial charge in [-0.3, -0.25) is 9.59 Å². The van der Waals surface area contributed by atoms with Gasteiger partial charge in [-0.2, -0.15) is 0 Å². The minimum Gasteiger partial charge on any atom is -0.367 e. The Morgan fingerprint density at radius 1 is 1.35 bits per heavy atom. The number of carbonyl (C=O) groups is 2. The number of amides is 1. The zero-order valence-corrected chi connectivity index (χ0v) is 14.4. The van der Waals surface area contributed by atoms with E-state index in [4.69, 9.17) is 4.74 Å². The molecule has 23 heavy (non-hydrogen) atoms. The molecule has 4 atom stereocenters. The second kappa shape index (κ2) is 4.57. The summed E-state index contributed by atoms with van der Waals surface area (Å²) in [6.07, 6.45) is 2.03. The Kier molecular flexibility index (Phi) is 3.09. The number of rotatable bonds is 1. The molecule has 0 aromatic carbocycles. The maximum absolute atomic E-state index is 12.9. The van der Waals surface area contributed by atoms with Gasteiger partial charge in [0.2, 0.25) is 10.0 Å². The molecule has 1 spiro atoms. The molecule has 2 aliphatic heterocycles. The molecule has 2 aliphatic carbocycles. The molecule has 4 fully saturated rings. The molecular formula is C16H23NO5S. The summed E-state index contributed by atoms with van der Waals surface area (Å²) >= 11 is 0. The predicted octanol–water partition coefficient (Wildman–Crippen LogP) is 1.10. The van der Waals surface area contributed by atoms with Crippen LogP contribution < -0.4 is 0 Å². The van der Waals surface area contributed by atoms with Crippen LogP contribution in [0.5, 0.6) is 0 Å². The van der Waals surface area contributed by atoms with E-state index < -0.39 is 22.0 Å². The van der Waals surface area contributed by atoms with Crippen molar-refractivity contribution in [1.29, 1.82) is 0 Å². The summed E-state index contributed by atoms with van der Waals surface area (Å²) in [6.45, 7) is 4.50. The first-order valence-electron chi connectivity index (χ1n) is 8.38. The fourth-order valence-electron chi connectivity index (χ4n) is 5.56. The van der Waals surface area contributed by atoms with Crippen molar-refractivity contribution in [3.8, 4) is 0 Å². The van der Waals surface area contributed by atoms with E-state index in [1.807, 2.05) is 0 Å². The van der Waals surface area contributed by atoms with E-state index >= 15 is 0 Å². The van der Waals surface area contributed by atoms with Crippen LogP contribution in [0.1, 0.15) is 46.0 Å². The molecule has 2 heterocycles. The van der Waals surface area contributed by atoms with Crippen LogP contribution in [0.2, 0.25) is 0 Å². The van der Waals surface area contributed by atoms with E-state index in [9.17, 15) is 18.0 Å². The molecule has 2 saturated carbocycles. The monoisotopic (exact) mass is 341 g/mol. The lowest BCUT2D eigenvalue weighted by Gasteiger charge is -2.37. The van der Waals surface area contributed by atoms with Crippen molar-refractivity contribution in [2.24, 2.45) is 16.7 Å². The van der Waals surface area contributed by atoms with Crippen molar-refractivity contribution >= 4 is 21.7 Å². The number of carbonyl (C=O) groups excluding carboxylic acids is 2. The lowest BCUT2D eigenvalue weighted by atomic mass is 9.69. The molecule has 4 rings (SSSR count). The second-order valence-electron chi connectivity index (χ2n) is 8.11. The Morgan fingerprint density at radius 3 is 2.74 bits per heavy atom. The molecule has 0 radical (unpaired) electrons. The van der Waals surface area contributed by atoms with Crippen molar-refractivity contribution < 1.29 is 22.7 Å². The highest BCUT2D eigenvalue weighted by atomic mass is 32.2. The molecule has 0 aromatic rings. The zero-order chi connectivity index (χ0) is 16.6. The normalized spacial score (nSPS) is 43.7.